The van der Waals surface area contributed by atoms with Crippen LogP contribution in [0.2, 0.25) is 0 Å². The van der Waals surface area contributed by atoms with Gasteiger partial charge >= 0.3 is 0 Å². The molecule has 31 heavy (non-hydrogen) atoms. The molecule has 0 saturated carbocycles. The minimum atomic E-state index is -0.475. The van der Waals surface area contributed by atoms with Crippen molar-refractivity contribution in [1.82, 2.24) is 24.6 Å². The van der Waals surface area contributed by atoms with Gasteiger partial charge in [0.1, 0.15) is 12.0 Å². The molecule has 162 valence electrons. The van der Waals surface area contributed by atoms with Gasteiger partial charge in [-0.15, -0.1) is 5.10 Å². The molecule has 1 aliphatic rings. The highest BCUT2D eigenvalue weighted by molar-refractivity contribution is 5.85. The van der Waals surface area contributed by atoms with Crippen LogP contribution in [0, 0.1) is 24.0 Å². The Kier molecular flexibility index (Phi) is 5.40. The van der Waals surface area contributed by atoms with Crippen LogP contribution >= 0.6 is 0 Å². The summed E-state index contributed by atoms with van der Waals surface area (Å²) in [5.41, 5.74) is 2.58. The minimum absolute atomic E-state index is 0.0441. The third-order valence-electron chi connectivity index (χ3n) is 5.32. The van der Waals surface area contributed by atoms with Crippen LogP contribution in [0.25, 0.3) is 11.0 Å². The highest BCUT2D eigenvalue weighted by atomic mass is 16.6. The fourth-order valence-electron chi connectivity index (χ4n) is 3.73. The number of amides is 1. The Morgan fingerprint density at radius 1 is 1.23 bits per heavy atom. The van der Waals surface area contributed by atoms with E-state index in [0.717, 1.165) is 22.3 Å². The molecule has 0 aromatic carbocycles. The minimum Gasteiger partial charge on any atom is -0.466 e. The highest BCUT2D eigenvalue weighted by Gasteiger charge is 2.23. The molecule has 1 saturated heterocycles. The Hall–Kier alpha value is -3.76. The third-order valence-corrected chi connectivity index (χ3v) is 5.32. The molecule has 0 radical (unpaired) electrons. The quantitative estimate of drug-likeness (QED) is 0.447. The van der Waals surface area contributed by atoms with Gasteiger partial charge in [0, 0.05) is 45.0 Å². The van der Waals surface area contributed by atoms with E-state index in [2.05, 4.69) is 15.1 Å². The van der Waals surface area contributed by atoms with Gasteiger partial charge < -0.3 is 14.5 Å². The molecule has 1 fully saturated rings. The molecule has 11 nitrogen and oxygen atoms in total. The van der Waals surface area contributed by atoms with Crippen molar-refractivity contribution in [3.63, 3.8) is 0 Å². The zero-order valence-corrected chi connectivity index (χ0v) is 17.6. The number of piperazine rings is 1. The fraction of sp³-hybridized carbons (Fsp3) is 0.400. The van der Waals surface area contributed by atoms with Crippen LogP contribution < -0.4 is 9.64 Å². The van der Waals surface area contributed by atoms with E-state index in [0.29, 0.717) is 37.9 Å². The molecule has 0 atom stereocenters. The van der Waals surface area contributed by atoms with E-state index in [1.807, 2.05) is 24.8 Å². The lowest BCUT2D eigenvalue weighted by Gasteiger charge is -2.35. The molecule has 4 rings (SSSR count). The van der Waals surface area contributed by atoms with E-state index in [-0.39, 0.29) is 18.2 Å². The van der Waals surface area contributed by atoms with E-state index in [9.17, 15) is 14.9 Å². The number of rotatable bonds is 5. The maximum absolute atomic E-state index is 12.7. The van der Waals surface area contributed by atoms with Crippen LogP contribution in [0.15, 0.2) is 24.4 Å². The van der Waals surface area contributed by atoms with Gasteiger partial charge in [0.25, 0.3) is 11.6 Å². The second-order valence-corrected chi connectivity index (χ2v) is 7.50. The molecule has 3 aromatic rings. The van der Waals surface area contributed by atoms with Gasteiger partial charge in [0.15, 0.2) is 12.3 Å². The number of hydrogen-bond donors (Lipinski definition) is 0. The predicted octanol–water partition coefficient (Wildman–Crippen LogP) is 1.62. The summed E-state index contributed by atoms with van der Waals surface area (Å²) < 4.78 is 7.43. The van der Waals surface area contributed by atoms with Gasteiger partial charge in [-0.1, -0.05) is 0 Å². The van der Waals surface area contributed by atoms with Crippen LogP contribution in [-0.4, -0.2) is 68.3 Å². The summed E-state index contributed by atoms with van der Waals surface area (Å²) in [4.78, 5) is 35.3. The van der Waals surface area contributed by atoms with Crippen molar-refractivity contribution in [2.45, 2.75) is 13.8 Å². The molecule has 0 N–H and O–H groups in total. The number of nitrogens with zero attached hydrogens (tertiary/aromatic N) is 7. The van der Waals surface area contributed by atoms with Gasteiger partial charge in [0.05, 0.1) is 10.3 Å². The molecule has 3 aromatic heterocycles. The Balaban J connectivity index is 1.36. The van der Waals surface area contributed by atoms with Gasteiger partial charge in [-0.3, -0.25) is 14.9 Å². The summed E-state index contributed by atoms with van der Waals surface area (Å²) in [5, 5.41) is 16.0. The number of aryl methyl sites for hydroxylation is 3. The van der Waals surface area contributed by atoms with E-state index in [1.54, 1.807) is 22.7 Å². The van der Waals surface area contributed by atoms with E-state index in [1.165, 1.54) is 12.3 Å². The highest BCUT2D eigenvalue weighted by Crippen LogP contribution is 2.27. The normalized spacial score (nSPS) is 14.2. The van der Waals surface area contributed by atoms with Gasteiger partial charge in [0.2, 0.25) is 5.88 Å². The number of carbonyl (C=O) groups excluding carboxylic acids is 1. The first-order valence-electron chi connectivity index (χ1n) is 9.90. The average molecular weight is 425 g/mol. The number of anilines is 1. The zero-order chi connectivity index (χ0) is 22.1. The first kappa shape index (κ1) is 20.5. The largest absolute Gasteiger partial charge is 0.466 e. The lowest BCUT2D eigenvalue weighted by atomic mass is 10.2. The molecule has 0 aliphatic carbocycles. The summed E-state index contributed by atoms with van der Waals surface area (Å²) in [5.74, 6) is 0.949. The number of carbonyl (C=O) groups is 1. The van der Waals surface area contributed by atoms with Crippen molar-refractivity contribution in [3.8, 4) is 5.88 Å². The smallest absolute Gasteiger partial charge is 0.287 e. The Bertz CT molecular complexity index is 1130. The first-order chi connectivity index (χ1) is 14.8. The SMILES string of the molecule is Cc1cc(C)c2c(OCC(=O)N3CCN(c4ccc([N+](=O)[O-])cn4)CC3)nn(C)c2n1. The summed E-state index contributed by atoms with van der Waals surface area (Å²) >= 11 is 0. The molecule has 1 amide bonds. The number of hydrogen-bond acceptors (Lipinski definition) is 8. The maximum atomic E-state index is 12.7. The summed E-state index contributed by atoms with van der Waals surface area (Å²) in [6, 6.07) is 5.02. The van der Waals surface area contributed by atoms with Crippen molar-refractivity contribution >= 4 is 28.4 Å². The molecule has 1 aliphatic heterocycles. The molecular formula is C20H23N7O4. The lowest BCUT2D eigenvalue weighted by molar-refractivity contribution is -0.385. The molecular weight excluding hydrogens is 402 g/mol. The van der Waals surface area contributed by atoms with Crippen molar-refractivity contribution in [2.24, 2.45) is 7.05 Å². The van der Waals surface area contributed by atoms with Crippen molar-refractivity contribution < 1.29 is 14.5 Å². The topological polar surface area (TPSA) is 120 Å². The maximum Gasteiger partial charge on any atom is 0.287 e. The summed E-state index contributed by atoms with van der Waals surface area (Å²) in [7, 11) is 1.80. The number of fused-ring (bicyclic) bond motifs is 1. The molecule has 0 unspecified atom stereocenters. The van der Waals surface area contributed by atoms with Crippen molar-refractivity contribution in [1.29, 1.82) is 0 Å². The third kappa shape index (κ3) is 4.11. The number of nitro groups is 1. The van der Waals surface area contributed by atoms with Gasteiger partial charge in [-0.05, 0) is 31.5 Å². The number of pyridine rings is 2. The van der Waals surface area contributed by atoms with Crippen LogP contribution in [0.3, 0.4) is 0 Å². The second-order valence-electron chi connectivity index (χ2n) is 7.50. The Morgan fingerprint density at radius 2 is 1.97 bits per heavy atom. The summed E-state index contributed by atoms with van der Waals surface area (Å²) in [6.45, 7) is 6.01. The zero-order valence-electron chi connectivity index (χ0n) is 17.6. The van der Waals surface area contributed by atoms with Crippen molar-refractivity contribution in [2.75, 3.05) is 37.7 Å². The Morgan fingerprint density at radius 3 is 2.61 bits per heavy atom. The summed E-state index contributed by atoms with van der Waals surface area (Å²) in [6.07, 6.45) is 1.25. The lowest BCUT2D eigenvalue weighted by Crippen LogP contribution is -2.50. The van der Waals surface area contributed by atoms with Crippen LogP contribution in [-0.2, 0) is 11.8 Å². The number of ether oxygens (including phenoxy) is 1. The van der Waals surface area contributed by atoms with Crippen LogP contribution in [0.1, 0.15) is 11.3 Å². The van der Waals surface area contributed by atoms with Gasteiger partial charge in [-0.25, -0.2) is 14.6 Å². The monoisotopic (exact) mass is 425 g/mol. The van der Waals surface area contributed by atoms with E-state index in [4.69, 9.17) is 4.74 Å². The standard InChI is InChI=1S/C20H23N7O4/c1-13-10-14(2)22-19-18(13)20(23-24(19)3)31-12-17(28)26-8-6-25(7-9-26)16-5-4-15(11-21-16)27(29)30/h4-5,10-11H,6-9,12H2,1-3H3. The fourth-order valence-corrected chi connectivity index (χ4v) is 3.73. The molecule has 0 spiro atoms. The van der Waals surface area contributed by atoms with Gasteiger partial charge in [-0.2, -0.15) is 0 Å². The van der Waals surface area contributed by atoms with E-state index >= 15 is 0 Å². The number of aromatic nitrogens is 4. The molecule has 11 heteroatoms. The molecule has 4 heterocycles. The molecule has 0 bridgehead atoms. The van der Waals surface area contributed by atoms with E-state index < -0.39 is 4.92 Å². The van der Waals surface area contributed by atoms with Crippen LogP contribution in [0.5, 0.6) is 5.88 Å². The first-order valence-corrected chi connectivity index (χ1v) is 9.90. The predicted molar refractivity (Wildman–Crippen MR) is 113 cm³/mol. The second kappa shape index (κ2) is 8.17. The average Bonchev–Trinajstić information content (AvgIpc) is 3.08. The Labute approximate surface area is 178 Å². The van der Waals surface area contributed by atoms with Crippen molar-refractivity contribution in [3.05, 3.63) is 45.8 Å². The van der Waals surface area contributed by atoms with Crippen LogP contribution in [0.4, 0.5) is 11.5 Å².